The van der Waals surface area contributed by atoms with E-state index in [2.05, 4.69) is 25.5 Å². The lowest BCUT2D eigenvalue weighted by atomic mass is 10.1. The lowest BCUT2D eigenvalue weighted by molar-refractivity contribution is 0.116. The highest BCUT2D eigenvalue weighted by atomic mass is 35.5. The van der Waals surface area contributed by atoms with Crippen LogP contribution >= 0.6 is 23.2 Å². The molecular formula is C16H11Cl2F2N5O. The van der Waals surface area contributed by atoms with Gasteiger partial charge in [-0.25, -0.2) is 9.97 Å². The summed E-state index contributed by atoms with van der Waals surface area (Å²) in [4.78, 5) is 8.41. The van der Waals surface area contributed by atoms with E-state index in [-0.39, 0.29) is 11.4 Å². The predicted molar refractivity (Wildman–Crippen MR) is 91.3 cm³/mol. The minimum Gasteiger partial charge on any atom is -0.415 e. The van der Waals surface area contributed by atoms with Crippen molar-refractivity contribution in [1.29, 1.82) is 0 Å². The van der Waals surface area contributed by atoms with Gasteiger partial charge in [-0.1, -0.05) is 29.3 Å². The van der Waals surface area contributed by atoms with E-state index in [1.54, 1.807) is 6.07 Å². The van der Waals surface area contributed by atoms with Crippen LogP contribution in [0.2, 0.25) is 10.0 Å². The van der Waals surface area contributed by atoms with Crippen LogP contribution < -0.4 is 5.32 Å². The van der Waals surface area contributed by atoms with Gasteiger partial charge in [0.15, 0.2) is 0 Å². The summed E-state index contributed by atoms with van der Waals surface area (Å²) in [5.74, 6) is -0.401. The van der Waals surface area contributed by atoms with E-state index >= 15 is 0 Å². The summed E-state index contributed by atoms with van der Waals surface area (Å²) in [5, 5.41) is 11.1. The maximum Gasteiger partial charge on any atom is 0.314 e. The zero-order chi connectivity index (χ0) is 18.3. The quantitative estimate of drug-likeness (QED) is 0.661. The molecule has 1 aliphatic carbocycles. The van der Waals surface area contributed by atoms with Gasteiger partial charge >= 0.3 is 6.43 Å². The van der Waals surface area contributed by atoms with Gasteiger partial charge in [-0.2, -0.15) is 8.78 Å². The Hall–Kier alpha value is -2.32. The Labute approximate surface area is 156 Å². The molecule has 134 valence electrons. The van der Waals surface area contributed by atoms with Crippen LogP contribution in [0.4, 0.5) is 14.7 Å². The van der Waals surface area contributed by atoms with E-state index in [1.165, 1.54) is 12.4 Å². The summed E-state index contributed by atoms with van der Waals surface area (Å²) < 4.78 is 29.9. The first-order valence-corrected chi connectivity index (χ1v) is 8.40. The molecule has 1 aromatic carbocycles. The highest BCUT2D eigenvalue weighted by molar-refractivity contribution is 6.42. The molecule has 0 saturated heterocycles. The van der Waals surface area contributed by atoms with E-state index < -0.39 is 12.3 Å². The van der Waals surface area contributed by atoms with Crippen LogP contribution in [0.5, 0.6) is 0 Å². The fraction of sp³-hybridized carbons (Fsp3) is 0.250. The summed E-state index contributed by atoms with van der Waals surface area (Å²) in [6, 6.07) is 5.48. The molecular weight excluding hydrogens is 387 g/mol. The third-order valence-corrected chi connectivity index (χ3v) is 4.84. The van der Waals surface area contributed by atoms with Crippen LogP contribution in [0, 0.1) is 0 Å². The molecule has 3 aromatic rings. The number of alkyl halides is 2. The van der Waals surface area contributed by atoms with Crippen molar-refractivity contribution < 1.29 is 13.2 Å². The molecule has 2 aromatic heterocycles. The van der Waals surface area contributed by atoms with Crippen LogP contribution in [0.15, 0.2) is 35.0 Å². The molecule has 0 atom stereocenters. The zero-order valence-corrected chi connectivity index (χ0v) is 14.6. The Balaban J connectivity index is 1.53. The molecule has 0 spiro atoms. The van der Waals surface area contributed by atoms with Crippen LogP contribution in [0.25, 0.3) is 11.5 Å². The fourth-order valence-corrected chi connectivity index (χ4v) is 2.86. The van der Waals surface area contributed by atoms with Crippen molar-refractivity contribution in [3.63, 3.8) is 0 Å². The highest BCUT2D eigenvalue weighted by Crippen LogP contribution is 2.48. The third-order valence-electron chi connectivity index (χ3n) is 4.10. The largest absolute Gasteiger partial charge is 0.415 e. The Morgan fingerprint density at radius 2 is 1.81 bits per heavy atom. The SMILES string of the molecule is FC(F)c1nnc(-c2cnc(NC3(c4ccc(Cl)c(Cl)c4)CC3)nc2)o1. The summed E-state index contributed by atoms with van der Waals surface area (Å²) in [6.07, 6.45) is 1.85. The van der Waals surface area contributed by atoms with Crippen molar-refractivity contribution in [2.45, 2.75) is 24.8 Å². The minimum atomic E-state index is -2.82. The molecule has 26 heavy (non-hydrogen) atoms. The molecule has 4 rings (SSSR count). The van der Waals surface area contributed by atoms with Gasteiger partial charge in [-0.05, 0) is 30.5 Å². The predicted octanol–water partition coefficient (Wildman–Crippen LogP) is 4.87. The fourth-order valence-electron chi connectivity index (χ4n) is 2.56. The molecule has 1 saturated carbocycles. The Kier molecular flexibility index (Phi) is 4.24. The molecule has 1 aliphatic rings. The van der Waals surface area contributed by atoms with E-state index in [4.69, 9.17) is 27.6 Å². The van der Waals surface area contributed by atoms with Gasteiger partial charge in [-0.15, -0.1) is 10.2 Å². The van der Waals surface area contributed by atoms with Crippen molar-refractivity contribution in [2.24, 2.45) is 0 Å². The van der Waals surface area contributed by atoms with Crippen LogP contribution in [0.1, 0.15) is 30.7 Å². The number of halogens is 4. The van der Waals surface area contributed by atoms with Gasteiger partial charge in [0, 0.05) is 12.4 Å². The highest BCUT2D eigenvalue weighted by Gasteiger charge is 2.45. The number of anilines is 1. The number of aromatic nitrogens is 4. The normalized spacial score (nSPS) is 15.3. The van der Waals surface area contributed by atoms with Gasteiger partial charge < -0.3 is 9.73 Å². The Morgan fingerprint density at radius 3 is 2.38 bits per heavy atom. The lowest BCUT2D eigenvalue weighted by Gasteiger charge is -2.18. The third kappa shape index (κ3) is 3.22. The van der Waals surface area contributed by atoms with Crippen LogP contribution in [0.3, 0.4) is 0 Å². The molecule has 10 heteroatoms. The lowest BCUT2D eigenvalue weighted by Crippen LogP contribution is -2.20. The van der Waals surface area contributed by atoms with Crippen molar-refractivity contribution in [3.05, 3.63) is 52.1 Å². The number of benzene rings is 1. The average Bonchev–Trinajstić information content (AvgIpc) is 3.22. The molecule has 0 unspecified atom stereocenters. The van der Waals surface area contributed by atoms with Gasteiger partial charge in [-0.3, -0.25) is 0 Å². The monoisotopic (exact) mass is 397 g/mol. The number of hydrogen-bond donors (Lipinski definition) is 1. The Morgan fingerprint density at radius 1 is 1.08 bits per heavy atom. The molecule has 0 aliphatic heterocycles. The Bertz CT molecular complexity index is 944. The topological polar surface area (TPSA) is 76.7 Å². The van der Waals surface area contributed by atoms with E-state index in [9.17, 15) is 8.78 Å². The number of nitrogens with zero attached hydrogens (tertiary/aromatic N) is 4. The first kappa shape index (κ1) is 17.1. The summed E-state index contributed by atoms with van der Waals surface area (Å²) in [6.45, 7) is 0. The molecule has 0 amide bonds. The molecule has 0 radical (unpaired) electrons. The summed E-state index contributed by atoms with van der Waals surface area (Å²) in [7, 11) is 0. The number of rotatable bonds is 5. The smallest absolute Gasteiger partial charge is 0.314 e. The number of nitrogens with one attached hydrogen (secondary N) is 1. The van der Waals surface area contributed by atoms with Crippen molar-refractivity contribution >= 4 is 29.2 Å². The van der Waals surface area contributed by atoms with Gasteiger partial charge in [0.2, 0.25) is 5.95 Å². The van der Waals surface area contributed by atoms with E-state index in [0.29, 0.717) is 21.6 Å². The standard InChI is InChI=1S/C16H11Cl2F2N5O/c17-10-2-1-9(5-11(10)18)16(3-4-16)23-15-21-6-8(7-22-15)13-24-25-14(26-13)12(19)20/h1-2,5-7,12H,3-4H2,(H,21,22,23). The van der Waals surface area contributed by atoms with E-state index in [0.717, 1.165) is 18.4 Å². The van der Waals surface area contributed by atoms with Crippen LogP contribution in [-0.4, -0.2) is 20.2 Å². The molecule has 0 bridgehead atoms. The first-order chi connectivity index (χ1) is 12.5. The van der Waals surface area contributed by atoms with Crippen molar-refractivity contribution in [1.82, 2.24) is 20.2 Å². The number of hydrogen-bond acceptors (Lipinski definition) is 6. The summed E-state index contributed by atoms with van der Waals surface area (Å²) in [5.41, 5.74) is 1.07. The second-order valence-electron chi connectivity index (χ2n) is 5.88. The van der Waals surface area contributed by atoms with Gasteiger partial charge in [0.1, 0.15) is 0 Å². The second kappa shape index (κ2) is 6.44. The first-order valence-electron chi connectivity index (χ1n) is 7.64. The maximum absolute atomic E-state index is 12.5. The second-order valence-corrected chi connectivity index (χ2v) is 6.69. The molecule has 1 fully saturated rings. The molecule has 6 nitrogen and oxygen atoms in total. The van der Waals surface area contributed by atoms with Gasteiger partial charge in [0.25, 0.3) is 11.8 Å². The van der Waals surface area contributed by atoms with Crippen molar-refractivity contribution in [2.75, 3.05) is 5.32 Å². The van der Waals surface area contributed by atoms with Gasteiger partial charge in [0.05, 0.1) is 21.1 Å². The molecule has 1 N–H and O–H groups in total. The maximum atomic E-state index is 12.5. The summed E-state index contributed by atoms with van der Waals surface area (Å²) >= 11 is 12.1. The average molecular weight is 398 g/mol. The van der Waals surface area contributed by atoms with E-state index in [1.807, 2.05) is 12.1 Å². The van der Waals surface area contributed by atoms with Crippen molar-refractivity contribution in [3.8, 4) is 11.5 Å². The minimum absolute atomic E-state index is 0.0579. The zero-order valence-electron chi connectivity index (χ0n) is 13.1. The molecule has 2 heterocycles. The van der Waals surface area contributed by atoms with Crippen LogP contribution in [-0.2, 0) is 5.54 Å².